The maximum atomic E-state index is 14.3. The predicted molar refractivity (Wildman–Crippen MR) is 301 cm³/mol. The first-order valence-electron chi connectivity index (χ1n) is 27.1. The highest BCUT2D eigenvalue weighted by Crippen LogP contribution is 2.31. The monoisotopic (exact) mass is 1180 g/mol. The number of amides is 9. The number of carboxylic acid groups (broad SMARTS) is 1. The summed E-state index contributed by atoms with van der Waals surface area (Å²) in [5, 5.41) is 47.6. The zero-order valence-electron chi connectivity index (χ0n) is 45.8. The van der Waals surface area contributed by atoms with E-state index in [1.807, 2.05) is 0 Å². The smallest absolute Gasteiger partial charge is 0.326 e. The maximum absolute atomic E-state index is 14.3. The molecule has 3 aliphatic rings. The van der Waals surface area contributed by atoms with E-state index in [9.17, 15) is 63.3 Å². The number of hydrogen-bond acceptors (Lipinski definition) is 18. The zero-order chi connectivity index (χ0) is 60.8. The van der Waals surface area contributed by atoms with Crippen LogP contribution in [0.5, 0.6) is 5.75 Å². The van der Waals surface area contributed by atoms with Gasteiger partial charge in [-0.3, -0.25) is 58.0 Å². The van der Waals surface area contributed by atoms with Crippen molar-refractivity contribution >= 4 is 88.1 Å². The SMILES string of the molecule is NCCCC[C@@H](N)C(=O)N[C@@H](CCCN=C(N)N)C(=O)N1CCC[C@H]1C(=O)N1C[C@H](O)C[C@H]1C(=O)NCC(=O)N[C@@H](Cc1cccs1)C(=O)N[C@@H](CO)C(=O)N[C@@H]1COc2ccccc2N(CC(=O)N[C@@H](CCCN=C(N)N)C(=O)O)C1=O. The molecule has 1 aromatic carbocycles. The molecule has 21 N–H and O–H groups in total. The third kappa shape index (κ3) is 19.7. The summed E-state index contributed by atoms with van der Waals surface area (Å²) in [5.41, 5.74) is 33.5. The van der Waals surface area contributed by atoms with Crippen molar-refractivity contribution in [1.82, 2.24) is 41.7 Å². The number of aliphatic hydroxyl groups excluding tert-OH is 2. The van der Waals surface area contributed by atoms with Crippen molar-refractivity contribution in [2.75, 3.05) is 63.9 Å². The Labute approximate surface area is 482 Å². The average molecular weight is 1180 g/mol. The number of likely N-dealkylation sites (tertiary alicyclic amines) is 2. The number of carbonyl (C=O) groups is 10. The summed E-state index contributed by atoms with van der Waals surface area (Å²) >= 11 is 1.24. The number of guanidine groups is 2. The van der Waals surface area contributed by atoms with Gasteiger partial charge in [-0.25, -0.2) is 4.79 Å². The Kier molecular flexibility index (Phi) is 25.6. The van der Waals surface area contributed by atoms with Crippen molar-refractivity contribution in [2.24, 2.45) is 44.4 Å². The highest BCUT2D eigenvalue weighted by molar-refractivity contribution is 7.09. The first-order valence-corrected chi connectivity index (χ1v) is 28.0. The molecule has 3 aliphatic heterocycles. The first kappa shape index (κ1) is 65.6. The fourth-order valence-electron chi connectivity index (χ4n) is 9.54. The van der Waals surface area contributed by atoms with E-state index in [0.29, 0.717) is 37.1 Å². The van der Waals surface area contributed by atoms with Crippen LogP contribution in [0.4, 0.5) is 5.69 Å². The number of aliphatic imine (C=N–C) groups is 2. The number of β-amino-alcohol motifs (C(OH)–C–C–N with tert-alkyl or cyclic N) is 1. The van der Waals surface area contributed by atoms with Gasteiger partial charge in [-0.2, -0.15) is 0 Å². The molecule has 0 radical (unpaired) electrons. The van der Waals surface area contributed by atoms with Gasteiger partial charge in [-0.05, 0) is 81.5 Å². The fourth-order valence-corrected chi connectivity index (χ4v) is 10.3. The van der Waals surface area contributed by atoms with E-state index in [4.69, 9.17) is 39.1 Å². The van der Waals surface area contributed by atoms with Gasteiger partial charge in [-0.15, -0.1) is 11.3 Å². The average Bonchev–Trinajstić information content (AvgIpc) is 4.47. The molecule has 0 spiro atoms. The Bertz CT molecular complexity index is 2660. The highest BCUT2D eigenvalue weighted by Gasteiger charge is 2.46. The molecule has 2 saturated heterocycles. The molecule has 0 aliphatic carbocycles. The van der Waals surface area contributed by atoms with Crippen LogP contribution in [0, 0.1) is 0 Å². The summed E-state index contributed by atoms with van der Waals surface area (Å²) in [7, 11) is 0. The van der Waals surface area contributed by atoms with Crippen molar-refractivity contribution in [3.63, 3.8) is 0 Å². The molecule has 1 aromatic heterocycles. The van der Waals surface area contributed by atoms with Crippen LogP contribution in [-0.2, 0) is 54.4 Å². The molecule has 4 heterocycles. The molecule has 32 heteroatoms. The number of nitrogens with zero attached hydrogens (tertiary/aromatic N) is 5. The summed E-state index contributed by atoms with van der Waals surface area (Å²) in [6.07, 6.45) is 1.20. The molecule has 9 atom stereocenters. The van der Waals surface area contributed by atoms with Crippen LogP contribution >= 0.6 is 11.3 Å². The van der Waals surface area contributed by atoms with Crippen LogP contribution in [0.3, 0.4) is 0 Å². The lowest BCUT2D eigenvalue weighted by molar-refractivity contribution is -0.148. The topological polar surface area (TPSA) is 503 Å². The molecule has 83 heavy (non-hydrogen) atoms. The van der Waals surface area contributed by atoms with Gasteiger partial charge in [0.15, 0.2) is 11.9 Å². The Hall–Kier alpha value is -8.20. The second-order valence-corrected chi connectivity index (χ2v) is 21.1. The van der Waals surface area contributed by atoms with Crippen molar-refractivity contribution < 1.29 is 68.0 Å². The number of rotatable bonds is 31. The fraction of sp³-hybridized carbons (Fsp3) is 0.569. The number of ether oxygens (including phenoxy) is 1. The lowest BCUT2D eigenvalue weighted by Crippen LogP contribution is -2.60. The van der Waals surface area contributed by atoms with Crippen molar-refractivity contribution in [3.8, 4) is 5.75 Å². The van der Waals surface area contributed by atoms with Crippen LogP contribution < -0.4 is 75.9 Å². The molecule has 5 rings (SSSR count). The number of anilines is 1. The lowest BCUT2D eigenvalue weighted by atomic mass is 10.1. The van der Waals surface area contributed by atoms with Crippen molar-refractivity contribution in [3.05, 3.63) is 46.7 Å². The number of aliphatic carboxylic acids is 1. The number of benzene rings is 1. The summed E-state index contributed by atoms with van der Waals surface area (Å²) < 4.78 is 5.83. The van der Waals surface area contributed by atoms with E-state index in [1.54, 1.807) is 29.6 Å². The number of carboxylic acids is 1. The number of para-hydroxylation sites is 2. The van der Waals surface area contributed by atoms with Gasteiger partial charge >= 0.3 is 5.97 Å². The Morgan fingerprint density at radius 2 is 1.45 bits per heavy atom. The minimum Gasteiger partial charge on any atom is -0.489 e. The van der Waals surface area contributed by atoms with Gasteiger partial charge in [0.1, 0.15) is 61.2 Å². The largest absolute Gasteiger partial charge is 0.489 e. The van der Waals surface area contributed by atoms with E-state index < -0.39 is 140 Å². The molecule has 2 aromatic rings. The Morgan fingerprint density at radius 3 is 2.10 bits per heavy atom. The summed E-state index contributed by atoms with van der Waals surface area (Å²) in [4.78, 5) is 148. The highest BCUT2D eigenvalue weighted by atomic mass is 32.1. The quantitative estimate of drug-likeness (QED) is 0.0190. The molecule has 9 amide bonds. The zero-order valence-corrected chi connectivity index (χ0v) is 46.6. The van der Waals surface area contributed by atoms with Crippen molar-refractivity contribution in [2.45, 2.75) is 125 Å². The third-order valence-corrected chi connectivity index (χ3v) is 14.6. The molecule has 456 valence electrons. The lowest BCUT2D eigenvalue weighted by Gasteiger charge is -2.33. The van der Waals surface area contributed by atoms with Gasteiger partial charge in [0, 0.05) is 43.9 Å². The number of nitrogens with one attached hydrogen (secondary N) is 6. The summed E-state index contributed by atoms with van der Waals surface area (Å²) in [5.74, 6) is -8.82. The summed E-state index contributed by atoms with van der Waals surface area (Å²) in [6.45, 7) is -2.38. The van der Waals surface area contributed by atoms with Crippen molar-refractivity contribution in [1.29, 1.82) is 0 Å². The van der Waals surface area contributed by atoms with Crippen LogP contribution in [0.2, 0.25) is 0 Å². The Morgan fingerprint density at radius 1 is 0.771 bits per heavy atom. The number of hydrogen-bond donors (Lipinski definition) is 15. The normalized spacial score (nSPS) is 19.2. The van der Waals surface area contributed by atoms with E-state index in [0.717, 1.165) is 9.80 Å². The number of fused-ring (bicyclic) bond motifs is 1. The van der Waals surface area contributed by atoms with Crippen LogP contribution in [-0.4, -0.2) is 210 Å². The molecular formula is C51H77N17O14S. The van der Waals surface area contributed by atoms with E-state index >= 15 is 0 Å². The Balaban J connectivity index is 1.22. The molecule has 0 unspecified atom stereocenters. The number of unbranched alkanes of at least 4 members (excludes halogenated alkanes) is 1. The molecule has 0 saturated carbocycles. The van der Waals surface area contributed by atoms with E-state index in [-0.39, 0.29) is 94.5 Å². The molecular weight excluding hydrogens is 1110 g/mol. The maximum Gasteiger partial charge on any atom is 0.326 e. The van der Waals surface area contributed by atoms with E-state index in [1.165, 1.54) is 28.4 Å². The van der Waals surface area contributed by atoms with E-state index in [2.05, 4.69) is 41.9 Å². The van der Waals surface area contributed by atoms with Gasteiger partial charge in [0.25, 0.3) is 5.91 Å². The van der Waals surface area contributed by atoms with Crippen LogP contribution in [0.15, 0.2) is 51.8 Å². The number of thiophene rings is 1. The molecule has 31 nitrogen and oxygen atoms in total. The minimum absolute atomic E-state index is 0.0550. The molecule has 0 bridgehead atoms. The van der Waals surface area contributed by atoms with Gasteiger partial charge in [0.2, 0.25) is 47.3 Å². The standard InChI is InChI=1S/C51H77N17O14S/c52-16-4-3-10-30(53)42(73)63-31(11-5-17-58-50(54)55)46(77)66-19-7-14-37(66)48(79)67-24-28(70)21-38(67)45(76)60-23-40(71)62-33(22-29-9-8-20-83-29)43(74)64-34(26-69)44(75)65-35-27-82-39-15-2-1-13-36(39)68(47(35)78)25-41(72)61-32(49(80)81)12-6-18-59-51(56)57/h1-2,8-9,13,15,20,28,30-35,37-38,69-70H,3-7,10-12,14,16-19,21-27,52-53H2,(H,60,76)(H,61,72)(H,62,71)(H,63,73)(H,64,74)(H,65,75)(H,80,81)(H4,54,55,58)(H4,56,57,59)/t28-,30-,31+,32+,33+,34+,35-,37+,38+/m1/s1. The predicted octanol–water partition coefficient (Wildman–Crippen LogP) is -6.15. The third-order valence-electron chi connectivity index (χ3n) is 13.7. The van der Waals surface area contributed by atoms with Gasteiger partial charge < -0.3 is 96.2 Å². The van der Waals surface area contributed by atoms with Gasteiger partial charge in [0.05, 0.1) is 31.0 Å². The van der Waals surface area contributed by atoms with Gasteiger partial charge in [-0.1, -0.05) is 24.6 Å². The second kappa shape index (κ2) is 32.4. The number of aliphatic hydroxyl groups is 2. The van der Waals surface area contributed by atoms with Crippen LogP contribution in [0.25, 0.3) is 0 Å². The second-order valence-electron chi connectivity index (χ2n) is 20.0. The summed E-state index contributed by atoms with van der Waals surface area (Å²) in [6, 6.07) is -0.949. The molecule has 2 fully saturated rings. The number of nitrogens with two attached hydrogens (primary N) is 6. The first-order chi connectivity index (χ1) is 39.6. The minimum atomic E-state index is -1.73. The van der Waals surface area contributed by atoms with Crippen LogP contribution in [0.1, 0.15) is 69.1 Å². The number of carbonyl (C=O) groups excluding carboxylic acids is 9.